The minimum Gasteiger partial charge on any atom is -0.342 e. The van der Waals surface area contributed by atoms with Crippen molar-refractivity contribution in [3.05, 3.63) is 0 Å². The molecule has 0 aliphatic carbocycles. The van der Waals surface area contributed by atoms with Gasteiger partial charge in [0.25, 0.3) is 0 Å². The van der Waals surface area contributed by atoms with Crippen LogP contribution in [0.25, 0.3) is 0 Å². The van der Waals surface area contributed by atoms with E-state index in [9.17, 15) is 9.59 Å². The summed E-state index contributed by atoms with van der Waals surface area (Å²) in [6.07, 6.45) is 0.907. The van der Waals surface area contributed by atoms with Gasteiger partial charge in [0.1, 0.15) is 0 Å². The van der Waals surface area contributed by atoms with Gasteiger partial charge < -0.3 is 15.1 Å². The quantitative estimate of drug-likeness (QED) is 0.819. The number of hydrogen-bond donors (Lipinski definition) is 1. The molecule has 2 amide bonds. The van der Waals surface area contributed by atoms with E-state index < -0.39 is 0 Å². The number of rotatable bonds is 4. The SMILES string of the molecule is CC(C)C(=O)N1CC(CC(C)C(=O)N2CCNCC2)C1. The van der Waals surface area contributed by atoms with Crippen molar-refractivity contribution >= 4 is 11.8 Å². The van der Waals surface area contributed by atoms with Gasteiger partial charge in [-0.25, -0.2) is 0 Å². The maximum absolute atomic E-state index is 12.3. The van der Waals surface area contributed by atoms with Crippen LogP contribution in [-0.4, -0.2) is 60.9 Å². The van der Waals surface area contributed by atoms with Gasteiger partial charge in [0.05, 0.1) is 0 Å². The Hall–Kier alpha value is -1.10. The van der Waals surface area contributed by atoms with Crippen LogP contribution in [0, 0.1) is 17.8 Å². The number of amides is 2. The highest BCUT2D eigenvalue weighted by Gasteiger charge is 2.34. The molecule has 1 unspecified atom stereocenters. The summed E-state index contributed by atoms with van der Waals surface area (Å²) in [5.74, 6) is 1.17. The smallest absolute Gasteiger partial charge is 0.225 e. The summed E-state index contributed by atoms with van der Waals surface area (Å²) in [5, 5.41) is 3.26. The van der Waals surface area contributed by atoms with Crippen LogP contribution in [0.2, 0.25) is 0 Å². The molecule has 2 heterocycles. The van der Waals surface area contributed by atoms with Crippen molar-refractivity contribution in [2.24, 2.45) is 17.8 Å². The van der Waals surface area contributed by atoms with Crippen LogP contribution in [0.5, 0.6) is 0 Å². The fourth-order valence-electron chi connectivity index (χ4n) is 3.06. The summed E-state index contributed by atoms with van der Waals surface area (Å²) in [4.78, 5) is 28.0. The van der Waals surface area contributed by atoms with Crippen molar-refractivity contribution in [2.75, 3.05) is 39.3 Å². The summed E-state index contributed by atoms with van der Waals surface area (Å²) >= 11 is 0. The summed E-state index contributed by atoms with van der Waals surface area (Å²) in [5.41, 5.74) is 0. The summed E-state index contributed by atoms with van der Waals surface area (Å²) in [7, 11) is 0. The molecule has 20 heavy (non-hydrogen) atoms. The molecule has 2 saturated heterocycles. The average Bonchev–Trinajstić information content (AvgIpc) is 2.41. The van der Waals surface area contributed by atoms with Gasteiger partial charge in [0.2, 0.25) is 11.8 Å². The van der Waals surface area contributed by atoms with Crippen molar-refractivity contribution in [3.8, 4) is 0 Å². The van der Waals surface area contributed by atoms with E-state index in [1.807, 2.05) is 30.6 Å². The molecule has 2 aliphatic rings. The number of hydrogen-bond acceptors (Lipinski definition) is 3. The Balaban J connectivity index is 1.72. The molecule has 0 aromatic rings. The zero-order valence-corrected chi connectivity index (χ0v) is 12.9. The molecule has 0 saturated carbocycles. The second-order valence-electron chi connectivity index (χ2n) is 6.48. The molecule has 0 spiro atoms. The molecule has 0 aromatic carbocycles. The van der Waals surface area contributed by atoms with Gasteiger partial charge in [-0.1, -0.05) is 20.8 Å². The van der Waals surface area contributed by atoms with Gasteiger partial charge in [-0.15, -0.1) is 0 Å². The van der Waals surface area contributed by atoms with Crippen LogP contribution in [0.4, 0.5) is 0 Å². The molecule has 1 atom stereocenters. The monoisotopic (exact) mass is 281 g/mol. The molecule has 2 aliphatic heterocycles. The lowest BCUT2D eigenvalue weighted by Crippen LogP contribution is -2.53. The van der Waals surface area contributed by atoms with E-state index in [-0.39, 0.29) is 23.7 Å². The number of carbonyl (C=O) groups is 2. The molecule has 1 N–H and O–H groups in total. The molecular weight excluding hydrogens is 254 g/mol. The maximum atomic E-state index is 12.3. The van der Waals surface area contributed by atoms with Crippen molar-refractivity contribution in [3.63, 3.8) is 0 Å². The van der Waals surface area contributed by atoms with Crippen molar-refractivity contribution in [1.82, 2.24) is 15.1 Å². The Morgan fingerprint density at radius 1 is 1.05 bits per heavy atom. The normalized spacial score (nSPS) is 21.8. The third kappa shape index (κ3) is 3.51. The first-order chi connectivity index (χ1) is 9.49. The van der Waals surface area contributed by atoms with E-state index in [0.717, 1.165) is 45.7 Å². The largest absolute Gasteiger partial charge is 0.342 e. The molecule has 0 bridgehead atoms. The van der Waals surface area contributed by atoms with Crippen LogP contribution >= 0.6 is 0 Å². The lowest BCUT2D eigenvalue weighted by atomic mass is 9.88. The Morgan fingerprint density at radius 3 is 2.20 bits per heavy atom. The Morgan fingerprint density at radius 2 is 1.65 bits per heavy atom. The van der Waals surface area contributed by atoms with Crippen molar-refractivity contribution in [2.45, 2.75) is 27.2 Å². The van der Waals surface area contributed by atoms with E-state index in [2.05, 4.69) is 5.32 Å². The van der Waals surface area contributed by atoms with Crippen molar-refractivity contribution < 1.29 is 9.59 Å². The second kappa shape index (κ2) is 6.57. The highest BCUT2D eigenvalue weighted by molar-refractivity contribution is 5.79. The highest BCUT2D eigenvalue weighted by atomic mass is 16.2. The molecule has 2 rings (SSSR count). The first-order valence-corrected chi connectivity index (χ1v) is 7.77. The van der Waals surface area contributed by atoms with Gasteiger partial charge >= 0.3 is 0 Å². The van der Waals surface area contributed by atoms with E-state index in [1.54, 1.807) is 0 Å². The van der Waals surface area contributed by atoms with E-state index >= 15 is 0 Å². The van der Waals surface area contributed by atoms with Gasteiger partial charge in [-0.2, -0.15) is 0 Å². The number of carbonyl (C=O) groups excluding carboxylic acids is 2. The number of nitrogens with zero attached hydrogens (tertiary/aromatic N) is 2. The standard InChI is InChI=1S/C15H27N3O2/c1-11(2)14(19)18-9-13(10-18)8-12(3)15(20)17-6-4-16-5-7-17/h11-13,16H,4-10H2,1-3H3. The van der Waals surface area contributed by atoms with Gasteiger partial charge in [-0.05, 0) is 12.3 Å². The lowest BCUT2D eigenvalue weighted by molar-refractivity contribution is -0.142. The fourth-order valence-corrected chi connectivity index (χ4v) is 3.06. The van der Waals surface area contributed by atoms with Crippen LogP contribution in [0.15, 0.2) is 0 Å². The molecule has 5 heteroatoms. The van der Waals surface area contributed by atoms with Crippen LogP contribution < -0.4 is 5.32 Å². The maximum Gasteiger partial charge on any atom is 0.225 e. The Labute approximate surface area is 121 Å². The Kier molecular flexibility index (Phi) is 5.02. The highest BCUT2D eigenvalue weighted by Crippen LogP contribution is 2.25. The summed E-state index contributed by atoms with van der Waals surface area (Å²) in [6, 6.07) is 0. The van der Waals surface area contributed by atoms with Gasteiger partial charge in [-0.3, -0.25) is 9.59 Å². The molecule has 5 nitrogen and oxygen atoms in total. The van der Waals surface area contributed by atoms with E-state index in [4.69, 9.17) is 0 Å². The van der Waals surface area contributed by atoms with Gasteiger partial charge in [0.15, 0.2) is 0 Å². The average molecular weight is 281 g/mol. The minimum absolute atomic E-state index is 0.0782. The fraction of sp³-hybridized carbons (Fsp3) is 0.867. The molecule has 0 radical (unpaired) electrons. The molecule has 0 aromatic heterocycles. The zero-order valence-electron chi connectivity index (χ0n) is 12.9. The van der Waals surface area contributed by atoms with Crippen LogP contribution in [0.3, 0.4) is 0 Å². The summed E-state index contributed by atoms with van der Waals surface area (Å²) in [6.45, 7) is 11.0. The third-order valence-corrected chi connectivity index (χ3v) is 4.30. The number of nitrogens with one attached hydrogen (secondary N) is 1. The summed E-state index contributed by atoms with van der Waals surface area (Å²) < 4.78 is 0. The first kappa shape index (κ1) is 15.3. The predicted molar refractivity (Wildman–Crippen MR) is 78.1 cm³/mol. The van der Waals surface area contributed by atoms with Crippen LogP contribution in [0.1, 0.15) is 27.2 Å². The van der Waals surface area contributed by atoms with Gasteiger partial charge in [0, 0.05) is 51.1 Å². The zero-order chi connectivity index (χ0) is 14.7. The topological polar surface area (TPSA) is 52.7 Å². The Bertz CT molecular complexity index is 358. The van der Waals surface area contributed by atoms with Crippen molar-refractivity contribution in [1.29, 1.82) is 0 Å². The molecule has 2 fully saturated rings. The molecule has 114 valence electrons. The third-order valence-electron chi connectivity index (χ3n) is 4.30. The molecular formula is C15H27N3O2. The first-order valence-electron chi connectivity index (χ1n) is 7.77. The lowest BCUT2D eigenvalue weighted by Gasteiger charge is -2.41. The van der Waals surface area contributed by atoms with E-state index in [1.165, 1.54) is 0 Å². The number of likely N-dealkylation sites (tertiary alicyclic amines) is 1. The second-order valence-corrected chi connectivity index (χ2v) is 6.48. The van der Waals surface area contributed by atoms with E-state index in [0.29, 0.717) is 5.92 Å². The predicted octanol–water partition coefficient (Wildman–Crippen LogP) is 0.559. The number of piperazine rings is 1. The minimum atomic E-state index is 0.0782. The van der Waals surface area contributed by atoms with Crippen LogP contribution in [-0.2, 0) is 9.59 Å².